The molecule has 0 spiro atoms. The Kier molecular flexibility index (Phi) is 4.19. The Hall–Kier alpha value is -2.56. The van der Waals surface area contributed by atoms with Crippen LogP contribution in [0.25, 0.3) is 5.57 Å². The van der Waals surface area contributed by atoms with Gasteiger partial charge in [0.2, 0.25) is 0 Å². The lowest BCUT2D eigenvalue weighted by Crippen LogP contribution is -2.23. The highest BCUT2D eigenvalue weighted by atomic mass is 19.1. The summed E-state index contributed by atoms with van der Waals surface area (Å²) in [6.45, 7) is 4.02. The normalized spacial score (nSPS) is 15.4. The van der Waals surface area contributed by atoms with E-state index in [1.807, 2.05) is 13.8 Å². The number of halogens is 3. The molecule has 25 heavy (non-hydrogen) atoms. The van der Waals surface area contributed by atoms with E-state index in [9.17, 15) is 18.0 Å². The summed E-state index contributed by atoms with van der Waals surface area (Å²) in [5, 5.41) is 0. The van der Waals surface area contributed by atoms with Crippen molar-refractivity contribution in [3.8, 4) is 0 Å². The van der Waals surface area contributed by atoms with Gasteiger partial charge in [-0.05, 0) is 40.7 Å². The number of benzene rings is 2. The molecular formula is C20H17F3O2. The Labute approximate surface area is 143 Å². The highest BCUT2D eigenvalue weighted by Crippen LogP contribution is 2.43. The van der Waals surface area contributed by atoms with E-state index in [1.165, 1.54) is 7.11 Å². The molecule has 0 atom stereocenters. The van der Waals surface area contributed by atoms with Gasteiger partial charge in [-0.3, -0.25) is 0 Å². The van der Waals surface area contributed by atoms with E-state index in [0.717, 1.165) is 5.56 Å². The van der Waals surface area contributed by atoms with Crippen molar-refractivity contribution in [3.63, 3.8) is 0 Å². The van der Waals surface area contributed by atoms with Gasteiger partial charge in [0, 0.05) is 12.1 Å². The number of carbonyl (C=O) groups is 1. The summed E-state index contributed by atoms with van der Waals surface area (Å²) in [5.74, 6) is -3.46. The molecular weight excluding hydrogens is 329 g/mol. The maximum Gasteiger partial charge on any atom is 0.337 e. The number of carbonyl (C=O) groups excluding carboxylic acids is 1. The van der Waals surface area contributed by atoms with Crippen LogP contribution >= 0.6 is 0 Å². The van der Waals surface area contributed by atoms with Gasteiger partial charge in [-0.2, -0.15) is 0 Å². The largest absolute Gasteiger partial charge is 0.465 e. The lowest BCUT2D eigenvalue weighted by molar-refractivity contribution is 0.0600. The average molecular weight is 346 g/mol. The fourth-order valence-corrected chi connectivity index (χ4v) is 3.22. The van der Waals surface area contributed by atoms with E-state index in [-0.39, 0.29) is 16.5 Å². The quantitative estimate of drug-likeness (QED) is 0.715. The third-order valence-corrected chi connectivity index (χ3v) is 4.55. The number of allylic oxidation sites excluding steroid dienone is 1. The molecule has 0 saturated carbocycles. The summed E-state index contributed by atoms with van der Waals surface area (Å²) < 4.78 is 46.6. The number of methoxy groups -OCH3 is 1. The van der Waals surface area contributed by atoms with E-state index in [1.54, 1.807) is 24.3 Å². The molecule has 0 unspecified atom stereocenters. The first-order valence-corrected chi connectivity index (χ1v) is 7.83. The number of fused-ring (bicyclic) bond motifs is 1. The second kappa shape index (κ2) is 6.06. The number of ether oxygens (including phenoxy) is 1. The van der Waals surface area contributed by atoms with Crippen molar-refractivity contribution in [3.05, 3.63) is 76.1 Å². The van der Waals surface area contributed by atoms with Crippen molar-refractivity contribution >= 4 is 11.5 Å². The van der Waals surface area contributed by atoms with Crippen molar-refractivity contribution in [1.82, 2.24) is 0 Å². The summed E-state index contributed by atoms with van der Waals surface area (Å²) >= 11 is 0. The van der Waals surface area contributed by atoms with Crippen molar-refractivity contribution in [2.45, 2.75) is 25.7 Å². The van der Waals surface area contributed by atoms with E-state index in [4.69, 9.17) is 4.74 Å². The zero-order valence-corrected chi connectivity index (χ0v) is 14.1. The summed E-state index contributed by atoms with van der Waals surface area (Å²) in [4.78, 5) is 11.8. The van der Waals surface area contributed by atoms with Gasteiger partial charge in [-0.15, -0.1) is 0 Å². The molecule has 0 radical (unpaired) electrons. The highest BCUT2D eigenvalue weighted by Gasteiger charge is 2.31. The van der Waals surface area contributed by atoms with Crippen molar-refractivity contribution in [1.29, 1.82) is 0 Å². The topological polar surface area (TPSA) is 26.3 Å². The number of hydrogen-bond donors (Lipinski definition) is 0. The van der Waals surface area contributed by atoms with Crippen LogP contribution in [0, 0.1) is 17.5 Å². The first kappa shape index (κ1) is 17.3. The Morgan fingerprint density at radius 3 is 2.32 bits per heavy atom. The second-order valence-electron chi connectivity index (χ2n) is 6.70. The first-order valence-electron chi connectivity index (χ1n) is 7.83. The minimum absolute atomic E-state index is 0.263. The molecule has 2 aromatic carbocycles. The monoisotopic (exact) mass is 346 g/mol. The van der Waals surface area contributed by atoms with Gasteiger partial charge in [0.05, 0.1) is 18.2 Å². The highest BCUT2D eigenvalue weighted by molar-refractivity contribution is 5.93. The molecule has 0 aliphatic heterocycles. The van der Waals surface area contributed by atoms with Crippen molar-refractivity contribution in [2.75, 3.05) is 7.11 Å². The zero-order valence-electron chi connectivity index (χ0n) is 14.1. The smallest absolute Gasteiger partial charge is 0.337 e. The van der Waals surface area contributed by atoms with Crippen molar-refractivity contribution in [2.24, 2.45) is 0 Å². The second-order valence-corrected chi connectivity index (χ2v) is 6.70. The maximum absolute atomic E-state index is 14.3. The van der Waals surface area contributed by atoms with Crippen LogP contribution in [0.1, 0.15) is 47.3 Å². The minimum atomic E-state index is -0.974. The maximum atomic E-state index is 14.3. The molecule has 0 amide bonds. The predicted octanol–water partition coefficient (Wildman–Crippen LogP) is 5.00. The minimum Gasteiger partial charge on any atom is -0.465 e. The summed E-state index contributed by atoms with van der Waals surface area (Å²) in [6.07, 6.45) is 2.28. The number of hydrogen-bond acceptors (Lipinski definition) is 2. The molecule has 0 N–H and O–H groups in total. The molecule has 0 bridgehead atoms. The van der Waals surface area contributed by atoms with Gasteiger partial charge >= 0.3 is 5.97 Å². The molecule has 2 nitrogen and oxygen atoms in total. The molecule has 1 aliphatic rings. The van der Waals surface area contributed by atoms with Gasteiger partial charge in [-0.25, -0.2) is 18.0 Å². The van der Waals surface area contributed by atoms with Crippen LogP contribution in [0.15, 0.2) is 36.4 Å². The average Bonchev–Trinajstić information content (AvgIpc) is 2.55. The summed E-state index contributed by atoms with van der Waals surface area (Å²) in [5.41, 5.74) is 1.45. The third kappa shape index (κ3) is 2.95. The van der Waals surface area contributed by atoms with Crippen LogP contribution in [-0.2, 0) is 10.2 Å². The van der Waals surface area contributed by atoms with E-state index in [0.29, 0.717) is 29.7 Å². The van der Waals surface area contributed by atoms with Crippen LogP contribution in [0.3, 0.4) is 0 Å². The Bertz CT molecular complexity index is 875. The van der Waals surface area contributed by atoms with Crippen LogP contribution < -0.4 is 0 Å². The summed E-state index contributed by atoms with van der Waals surface area (Å²) in [7, 11) is 1.27. The van der Waals surface area contributed by atoms with Gasteiger partial charge in [-0.1, -0.05) is 26.0 Å². The van der Waals surface area contributed by atoms with Crippen LogP contribution in [0.2, 0.25) is 0 Å². The third-order valence-electron chi connectivity index (χ3n) is 4.55. The van der Waals surface area contributed by atoms with Gasteiger partial charge in [0.1, 0.15) is 17.5 Å². The van der Waals surface area contributed by atoms with Gasteiger partial charge < -0.3 is 4.74 Å². The fourth-order valence-electron chi connectivity index (χ4n) is 3.22. The van der Waals surface area contributed by atoms with E-state index >= 15 is 0 Å². The molecule has 0 heterocycles. The predicted molar refractivity (Wildman–Crippen MR) is 88.8 cm³/mol. The first-order chi connectivity index (χ1) is 11.7. The number of esters is 1. The lowest BCUT2D eigenvalue weighted by Gasteiger charge is -2.32. The molecule has 3 rings (SSSR count). The fraction of sp³-hybridized carbons (Fsp3) is 0.250. The van der Waals surface area contributed by atoms with Gasteiger partial charge in [0.15, 0.2) is 0 Å². The van der Waals surface area contributed by atoms with Crippen LogP contribution in [0.5, 0.6) is 0 Å². The van der Waals surface area contributed by atoms with Gasteiger partial charge in [0.25, 0.3) is 0 Å². The zero-order chi connectivity index (χ0) is 18.4. The Balaban J connectivity index is 2.25. The molecule has 0 aromatic heterocycles. The van der Waals surface area contributed by atoms with Crippen LogP contribution in [-0.4, -0.2) is 13.1 Å². The van der Waals surface area contributed by atoms with Crippen LogP contribution in [0.4, 0.5) is 13.2 Å². The molecule has 130 valence electrons. The SMILES string of the molecule is COC(=O)c1ccc2c(c1)C(c1c(F)cc(F)cc1F)=CCC2(C)C. The lowest BCUT2D eigenvalue weighted by atomic mass is 9.71. The molecule has 5 heteroatoms. The molecule has 0 fully saturated rings. The van der Waals surface area contributed by atoms with Crippen molar-refractivity contribution < 1.29 is 22.7 Å². The standard InChI is InChI=1S/C20H17F3O2/c1-20(2)7-6-13(18-16(22)9-12(21)10-17(18)23)14-8-11(19(24)25-3)4-5-15(14)20/h4-6,8-10H,7H2,1-3H3. The molecule has 2 aromatic rings. The number of rotatable bonds is 2. The Morgan fingerprint density at radius 2 is 1.72 bits per heavy atom. The molecule has 1 aliphatic carbocycles. The molecule has 0 saturated heterocycles. The van der Waals surface area contributed by atoms with E-state index in [2.05, 4.69) is 0 Å². The van der Waals surface area contributed by atoms with E-state index < -0.39 is 23.4 Å². The summed E-state index contributed by atoms with van der Waals surface area (Å²) in [6, 6.07) is 6.28. The Morgan fingerprint density at radius 1 is 1.08 bits per heavy atom.